The van der Waals surface area contributed by atoms with Gasteiger partial charge in [-0.2, -0.15) is 5.10 Å². The lowest BCUT2D eigenvalue weighted by Gasteiger charge is -2.18. The number of thioether (sulfide) groups is 1. The molecule has 0 bridgehead atoms. The molecule has 0 aromatic heterocycles. The summed E-state index contributed by atoms with van der Waals surface area (Å²) in [7, 11) is 0. The fourth-order valence-electron chi connectivity index (χ4n) is 1.17. The van der Waals surface area contributed by atoms with Crippen molar-refractivity contribution in [3.63, 3.8) is 0 Å². The number of nitrogens with zero attached hydrogens (tertiary/aromatic N) is 1. The van der Waals surface area contributed by atoms with Gasteiger partial charge >= 0.3 is 0 Å². The molecule has 0 spiro atoms. The lowest BCUT2D eigenvalue weighted by Crippen LogP contribution is -2.29. The molecule has 1 rings (SSSR count). The smallest absolute Gasteiger partial charge is 0.253 e. The van der Waals surface area contributed by atoms with Crippen molar-refractivity contribution < 1.29 is 4.79 Å². The molecule has 0 aliphatic rings. The fraction of sp³-hybridized carbons (Fsp3) is 0.467. The first-order chi connectivity index (χ1) is 9.20. The zero-order valence-corrected chi connectivity index (χ0v) is 14.1. The van der Waals surface area contributed by atoms with Crippen LogP contribution in [-0.4, -0.2) is 16.9 Å². The van der Waals surface area contributed by atoms with Crippen molar-refractivity contribution in [1.82, 2.24) is 5.43 Å². The summed E-state index contributed by atoms with van der Waals surface area (Å²) in [5.41, 5.74) is 3.48. The van der Waals surface area contributed by atoms with Gasteiger partial charge in [-0.05, 0) is 38.1 Å². The second kappa shape index (κ2) is 7.14. The van der Waals surface area contributed by atoms with Crippen LogP contribution >= 0.6 is 23.4 Å². The van der Waals surface area contributed by atoms with Crippen molar-refractivity contribution in [2.75, 3.05) is 0 Å². The Labute approximate surface area is 130 Å². The third kappa shape index (κ3) is 5.55. The monoisotopic (exact) mass is 312 g/mol. The molecule has 1 aromatic carbocycles. The Morgan fingerprint density at radius 2 is 1.85 bits per heavy atom. The van der Waals surface area contributed by atoms with Crippen LogP contribution in [0, 0.1) is 5.41 Å². The highest BCUT2D eigenvalue weighted by Gasteiger charge is 2.17. The van der Waals surface area contributed by atoms with Gasteiger partial charge in [-0.15, -0.1) is 11.8 Å². The molecule has 0 heterocycles. The van der Waals surface area contributed by atoms with Gasteiger partial charge in [0, 0.05) is 21.0 Å². The Hall–Kier alpha value is -1.00. The molecule has 1 N–H and O–H groups in total. The zero-order chi connectivity index (χ0) is 15.3. The maximum Gasteiger partial charge on any atom is 0.253 e. The quantitative estimate of drug-likeness (QED) is 0.510. The van der Waals surface area contributed by atoms with Gasteiger partial charge in [0.05, 0.1) is 5.25 Å². The Bertz CT molecular complexity index is 492. The first-order valence-corrected chi connectivity index (χ1v) is 7.73. The van der Waals surface area contributed by atoms with Crippen LogP contribution in [0.15, 0.2) is 34.3 Å². The lowest BCUT2D eigenvalue weighted by molar-refractivity contribution is -0.120. The number of nitrogens with one attached hydrogen (secondary N) is 1. The van der Waals surface area contributed by atoms with Crippen LogP contribution in [0.1, 0.15) is 34.6 Å². The molecule has 0 saturated heterocycles. The van der Waals surface area contributed by atoms with E-state index < -0.39 is 0 Å². The van der Waals surface area contributed by atoms with Crippen molar-refractivity contribution in [3.05, 3.63) is 29.3 Å². The van der Waals surface area contributed by atoms with E-state index in [0.29, 0.717) is 5.02 Å². The minimum Gasteiger partial charge on any atom is -0.272 e. The molecular weight excluding hydrogens is 292 g/mol. The molecule has 110 valence electrons. The second-order valence-corrected chi connectivity index (χ2v) is 7.49. The first kappa shape index (κ1) is 17.1. The molecule has 0 fully saturated rings. The van der Waals surface area contributed by atoms with Crippen LogP contribution in [-0.2, 0) is 4.79 Å². The normalized spacial score (nSPS) is 14.0. The number of rotatable bonds is 4. The molecule has 3 nitrogen and oxygen atoms in total. The van der Waals surface area contributed by atoms with E-state index >= 15 is 0 Å². The number of halogens is 1. The summed E-state index contributed by atoms with van der Waals surface area (Å²) in [6.07, 6.45) is 0. The van der Waals surface area contributed by atoms with Crippen molar-refractivity contribution in [3.8, 4) is 0 Å². The van der Waals surface area contributed by atoms with Crippen molar-refractivity contribution in [2.24, 2.45) is 10.5 Å². The van der Waals surface area contributed by atoms with Crippen LogP contribution in [0.3, 0.4) is 0 Å². The fourth-order valence-corrected chi connectivity index (χ4v) is 2.16. The highest BCUT2D eigenvalue weighted by Crippen LogP contribution is 2.24. The van der Waals surface area contributed by atoms with Gasteiger partial charge in [-0.1, -0.05) is 32.4 Å². The molecule has 0 aliphatic heterocycles. The largest absolute Gasteiger partial charge is 0.272 e. The second-order valence-electron chi connectivity index (χ2n) is 5.64. The molecule has 0 unspecified atom stereocenters. The van der Waals surface area contributed by atoms with Gasteiger partial charge in [0.15, 0.2) is 0 Å². The highest BCUT2D eigenvalue weighted by atomic mass is 35.5. The first-order valence-electron chi connectivity index (χ1n) is 6.47. The Morgan fingerprint density at radius 1 is 1.30 bits per heavy atom. The van der Waals surface area contributed by atoms with E-state index in [1.54, 1.807) is 0 Å². The summed E-state index contributed by atoms with van der Waals surface area (Å²) in [4.78, 5) is 13.0. The van der Waals surface area contributed by atoms with Crippen molar-refractivity contribution in [1.29, 1.82) is 0 Å². The molecule has 1 atom stereocenters. The van der Waals surface area contributed by atoms with Gasteiger partial charge in [0.25, 0.3) is 5.91 Å². The number of hydrazone groups is 1. The van der Waals surface area contributed by atoms with Gasteiger partial charge in [-0.3, -0.25) is 4.79 Å². The number of hydrogen-bond acceptors (Lipinski definition) is 3. The van der Waals surface area contributed by atoms with Gasteiger partial charge in [0.1, 0.15) is 0 Å². The Kier molecular flexibility index (Phi) is 6.08. The molecule has 5 heteroatoms. The van der Waals surface area contributed by atoms with E-state index in [2.05, 4.69) is 31.3 Å². The van der Waals surface area contributed by atoms with E-state index in [9.17, 15) is 4.79 Å². The van der Waals surface area contributed by atoms with Gasteiger partial charge < -0.3 is 0 Å². The summed E-state index contributed by atoms with van der Waals surface area (Å²) >= 11 is 7.31. The van der Waals surface area contributed by atoms with Crippen LogP contribution < -0.4 is 5.43 Å². The van der Waals surface area contributed by atoms with E-state index in [1.807, 2.05) is 38.1 Å². The minimum absolute atomic E-state index is 0.0418. The molecule has 20 heavy (non-hydrogen) atoms. The maximum atomic E-state index is 12.0. The minimum atomic E-state index is -0.215. The Balaban J connectivity index is 2.58. The highest BCUT2D eigenvalue weighted by molar-refractivity contribution is 8.00. The summed E-state index contributed by atoms with van der Waals surface area (Å²) in [6, 6.07) is 7.44. The summed E-state index contributed by atoms with van der Waals surface area (Å²) in [6.45, 7) is 9.95. The zero-order valence-electron chi connectivity index (χ0n) is 12.5. The van der Waals surface area contributed by atoms with Gasteiger partial charge in [-0.25, -0.2) is 5.43 Å². The van der Waals surface area contributed by atoms with Crippen LogP contribution in [0.2, 0.25) is 5.02 Å². The molecular formula is C15H21ClN2OS. The molecule has 0 aliphatic carbocycles. The number of carbonyl (C=O) groups is 1. The average Bonchev–Trinajstić information content (AvgIpc) is 2.36. The SMILES string of the molecule is C/C(=N/NC(=O)[C@H](C)Sc1ccc(Cl)cc1)C(C)(C)C. The predicted molar refractivity (Wildman–Crippen MR) is 87.5 cm³/mol. The summed E-state index contributed by atoms with van der Waals surface area (Å²) in [5, 5.41) is 4.63. The Morgan fingerprint density at radius 3 is 2.35 bits per heavy atom. The standard InChI is InChI=1S/C15H21ClN2OS/c1-10(20-13-8-6-12(16)7-9-13)14(19)18-17-11(2)15(3,4)5/h6-10H,1-5H3,(H,18,19)/b17-11-/t10-/m0/s1. The van der Waals surface area contributed by atoms with E-state index in [4.69, 9.17) is 11.6 Å². The molecule has 0 saturated carbocycles. The van der Waals surface area contributed by atoms with Crippen LogP contribution in [0.5, 0.6) is 0 Å². The number of carbonyl (C=O) groups excluding carboxylic acids is 1. The maximum absolute atomic E-state index is 12.0. The summed E-state index contributed by atoms with van der Waals surface area (Å²) < 4.78 is 0. The van der Waals surface area contributed by atoms with E-state index in [0.717, 1.165) is 10.6 Å². The molecule has 0 radical (unpaired) electrons. The summed E-state index contributed by atoms with van der Waals surface area (Å²) in [5.74, 6) is -0.103. The number of amides is 1. The predicted octanol–water partition coefficient (Wildman–Crippen LogP) is 4.36. The number of benzene rings is 1. The van der Waals surface area contributed by atoms with Crippen LogP contribution in [0.4, 0.5) is 0 Å². The van der Waals surface area contributed by atoms with Crippen molar-refractivity contribution >= 4 is 35.0 Å². The topological polar surface area (TPSA) is 41.5 Å². The molecule has 1 aromatic rings. The number of hydrogen-bond donors (Lipinski definition) is 1. The van der Waals surface area contributed by atoms with Crippen molar-refractivity contribution in [2.45, 2.75) is 44.8 Å². The molecule has 1 amide bonds. The van der Waals surface area contributed by atoms with E-state index in [-0.39, 0.29) is 16.6 Å². The average molecular weight is 313 g/mol. The van der Waals surface area contributed by atoms with E-state index in [1.165, 1.54) is 11.8 Å². The third-order valence-corrected chi connectivity index (χ3v) is 4.28. The van der Waals surface area contributed by atoms with Crippen LogP contribution in [0.25, 0.3) is 0 Å². The van der Waals surface area contributed by atoms with Gasteiger partial charge in [0.2, 0.25) is 0 Å². The third-order valence-electron chi connectivity index (χ3n) is 2.91. The lowest BCUT2D eigenvalue weighted by atomic mass is 9.91.